The molecule has 3 nitrogen and oxygen atoms in total. The van der Waals surface area contributed by atoms with Gasteiger partial charge in [-0.3, -0.25) is 4.98 Å². The standard InChI is InChI=1S/C19H19NO2.ClH/c1-13-4-6-16-15(10-13)8-9-20-17(16)11-14-5-7-18(21-2)19(12-14)22-3;/h4-10,12H,11H2,1-3H3;1H. The minimum atomic E-state index is 0. The van der Waals surface area contributed by atoms with Crippen LogP contribution in [0.4, 0.5) is 0 Å². The lowest BCUT2D eigenvalue weighted by molar-refractivity contribution is 0.354. The summed E-state index contributed by atoms with van der Waals surface area (Å²) >= 11 is 0. The predicted molar refractivity (Wildman–Crippen MR) is 96.1 cm³/mol. The molecule has 0 N–H and O–H groups in total. The summed E-state index contributed by atoms with van der Waals surface area (Å²) in [5.74, 6) is 1.49. The van der Waals surface area contributed by atoms with E-state index in [1.165, 1.54) is 16.3 Å². The summed E-state index contributed by atoms with van der Waals surface area (Å²) in [5, 5.41) is 2.42. The molecule has 0 amide bonds. The average Bonchev–Trinajstić information content (AvgIpc) is 2.54. The second-order valence-electron chi connectivity index (χ2n) is 5.35. The number of halogens is 1. The first-order valence-electron chi connectivity index (χ1n) is 7.26. The summed E-state index contributed by atoms with van der Waals surface area (Å²) in [7, 11) is 3.30. The van der Waals surface area contributed by atoms with Gasteiger partial charge in [0.1, 0.15) is 0 Å². The molecule has 4 heteroatoms. The number of fused-ring (bicyclic) bond motifs is 1. The fraction of sp³-hybridized carbons (Fsp3) is 0.211. The van der Waals surface area contributed by atoms with Crippen molar-refractivity contribution in [3.63, 3.8) is 0 Å². The van der Waals surface area contributed by atoms with Crippen molar-refractivity contribution in [1.29, 1.82) is 0 Å². The molecule has 0 radical (unpaired) electrons. The molecule has 0 aliphatic carbocycles. The van der Waals surface area contributed by atoms with Crippen molar-refractivity contribution < 1.29 is 9.47 Å². The summed E-state index contributed by atoms with van der Waals surface area (Å²) in [6, 6.07) is 14.5. The van der Waals surface area contributed by atoms with Crippen LogP contribution >= 0.6 is 12.4 Å². The van der Waals surface area contributed by atoms with E-state index in [1.54, 1.807) is 14.2 Å². The summed E-state index contributed by atoms with van der Waals surface area (Å²) in [6.45, 7) is 2.11. The van der Waals surface area contributed by atoms with Crippen molar-refractivity contribution in [2.24, 2.45) is 0 Å². The Bertz CT molecular complexity index is 818. The zero-order chi connectivity index (χ0) is 15.5. The van der Waals surface area contributed by atoms with Crippen LogP contribution in [0.2, 0.25) is 0 Å². The highest BCUT2D eigenvalue weighted by Crippen LogP contribution is 2.29. The molecule has 0 bridgehead atoms. The molecular formula is C19H20ClNO2. The smallest absolute Gasteiger partial charge is 0.160 e. The van der Waals surface area contributed by atoms with E-state index in [4.69, 9.17) is 9.47 Å². The zero-order valence-electron chi connectivity index (χ0n) is 13.5. The maximum Gasteiger partial charge on any atom is 0.160 e. The zero-order valence-corrected chi connectivity index (χ0v) is 14.3. The number of hydrogen-bond acceptors (Lipinski definition) is 3. The van der Waals surface area contributed by atoms with Crippen LogP contribution in [0.25, 0.3) is 10.8 Å². The molecular weight excluding hydrogens is 310 g/mol. The number of aromatic nitrogens is 1. The number of ether oxygens (including phenoxy) is 2. The molecule has 0 saturated heterocycles. The molecule has 3 aromatic rings. The predicted octanol–water partition coefficient (Wildman–Crippen LogP) is 4.57. The number of benzene rings is 2. The second kappa shape index (κ2) is 7.34. The van der Waals surface area contributed by atoms with Gasteiger partial charge in [-0.1, -0.05) is 29.8 Å². The Hall–Kier alpha value is -2.26. The summed E-state index contributed by atoms with van der Waals surface area (Å²) in [6.07, 6.45) is 2.64. The number of rotatable bonds is 4. The van der Waals surface area contributed by atoms with E-state index in [2.05, 4.69) is 42.2 Å². The lowest BCUT2D eigenvalue weighted by Crippen LogP contribution is -1.96. The third kappa shape index (κ3) is 3.57. The van der Waals surface area contributed by atoms with Gasteiger partial charge in [-0.15, -0.1) is 12.4 Å². The highest BCUT2D eigenvalue weighted by molar-refractivity contribution is 5.85. The van der Waals surface area contributed by atoms with Crippen LogP contribution in [-0.2, 0) is 6.42 Å². The van der Waals surface area contributed by atoms with E-state index in [-0.39, 0.29) is 12.4 Å². The molecule has 0 spiro atoms. The molecule has 1 heterocycles. The molecule has 3 rings (SSSR count). The van der Waals surface area contributed by atoms with E-state index < -0.39 is 0 Å². The van der Waals surface area contributed by atoms with Gasteiger partial charge in [0.2, 0.25) is 0 Å². The molecule has 120 valence electrons. The lowest BCUT2D eigenvalue weighted by Gasteiger charge is -2.10. The molecule has 2 aromatic carbocycles. The van der Waals surface area contributed by atoms with Crippen molar-refractivity contribution in [3.8, 4) is 11.5 Å². The lowest BCUT2D eigenvalue weighted by atomic mass is 10.0. The molecule has 0 aliphatic heterocycles. The monoisotopic (exact) mass is 329 g/mol. The van der Waals surface area contributed by atoms with Gasteiger partial charge in [-0.05, 0) is 36.1 Å². The van der Waals surface area contributed by atoms with Gasteiger partial charge in [0.15, 0.2) is 11.5 Å². The first kappa shape index (κ1) is 17.1. The Morgan fingerprint density at radius 3 is 2.43 bits per heavy atom. The molecule has 0 saturated carbocycles. The SMILES string of the molecule is COc1ccc(Cc2nccc3cc(C)ccc23)cc1OC.Cl. The summed E-state index contributed by atoms with van der Waals surface area (Å²) in [4.78, 5) is 4.56. The maximum absolute atomic E-state index is 5.37. The van der Waals surface area contributed by atoms with E-state index in [1.807, 2.05) is 18.3 Å². The van der Waals surface area contributed by atoms with Crippen LogP contribution in [0.5, 0.6) is 11.5 Å². The fourth-order valence-corrected chi connectivity index (χ4v) is 2.68. The highest BCUT2D eigenvalue weighted by atomic mass is 35.5. The number of methoxy groups -OCH3 is 2. The molecule has 0 unspecified atom stereocenters. The van der Waals surface area contributed by atoms with Crippen LogP contribution in [-0.4, -0.2) is 19.2 Å². The Morgan fingerprint density at radius 1 is 0.913 bits per heavy atom. The number of hydrogen-bond donors (Lipinski definition) is 0. The molecule has 0 atom stereocenters. The minimum Gasteiger partial charge on any atom is -0.493 e. The first-order chi connectivity index (χ1) is 10.7. The van der Waals surface area contributed by atoms with Gasteiger partial charge in [-0.25, -0.2) is 0 Å². The maximum atomic E-state index is 5.37. The van der Waals surface area contributed by atoms with Crippen molar-refractivity contribution in [1.82, 2.24) is 4.98 Å². The van der Waals surface area contributed by atoms with E-state index in [0.717, 1.165) is 29.2 Å². The van der Waals surface area contributed by atoms with E-state index >= 15 is 0 Å². The Balaban J connectivity index is 0.00000192. The van der Waals surface area contributed by atoms with Gasteiger partial charge < -0.3 is 9.47 Å². The molecule has 0 aliphatic rings. The van der Waals surface area contributed by atoms with E-state index in [0.29, 0.717) is 0 Å². The third-order valence-corrected chi connectivity index (χ3v) is 3.82. The molecule has 23 heavy (non-hydrogen) atoms. The summed E-state index contributed by atoms with van der Waals surface area (Å²) < 4.78 is 10.7. The van der Waals surface area contributed by atoms with Crippen molar-refractivity contribution in [2.75, 3.05) is 14.2 Å². The van der Waals surface area contributed by atoms with Gasteiger partial charge in [0.25, 0.3) is 0 Å². The van der Waals surface area contributed by atoms with Crippen molar-refractivity contribution >= 4 is 23.2 Å². The quantitative estimate of drug-likeness (QED) is 0.702. The van der Waals surface area contributed by atoms with Gasteiger partial charge in [0.05, 0.1) is 19.9 Å². The van der Waals surface area contributed by atoms with Gasteiger partial charge >= 0.3 is 0 Å². The summed E-state index contributed by atoms with van der Waals surface area (Å²) in [5.41, 5.74) is 3.48. The van der Waals surface area contributed by atoms with Gasteiger partial charge in [0, 0.05) is 18.0 Å². The Kier molecular flexibility index (Phi) is 5.45. The van der Waals surface area contributed by atoms with Crippen molar-refractivity contribution in [3.05, 3.63) is 65.5 Å². The van der Waals surface area contributed by atoms with Crippen LogP contribution in [0.1, 0.15) is 16.8 Å². The van der Waals surface area contributed by atoms with Crippen molar-refractivity contribution in [2.45, 2.75) is 13.3 Å². The number of aryl methyl sites for hydroxylation is 1. The third-order valence-electron chi connectivity index (χ3n) is 3.82. The Morgan fingerprint density at radius 2 is 1.70 bits per heavy atom. The topological polar surface area (TPSA) is 31.4 Å². The molecule has 0 fully saturated rings. The Labute approximate surface area is 142 Å². The minimum absolute atomic E-state index is 0. The largest absolute Gasteiger partial charge is 0.493 e. The van der Waals surface area contributed by atoms with Crippen LogP contribution in [0.3, 0.4) is 0 Å². The van der Waals surface area contributed by atoms with E-state index in [9.17, 15) is 0 Å². The normalized spacial score (nSPS) is 10.2. The van der Waals surface area contributed by atoms with Crippen LogP contribution < -0.4 is 9.47 Å². The number of nitrogens with zero attached hydrogens (tertiary/aromatic N) is 1. The number of pyridine rings is 1. The fourth-order valence-electron chi connectivity index (χ4n) is 2.68. The second-order valence-corrected chi connectivity index (χ2v) is 5.35. The van der Waals surface area contributed by atoms with Crippen LogP contribution in [0.15, 0.2) is 48.7 Å². The molecule has 1 aromatic heterocycles. The average molecular weight is 330 g/mol. The van der Waals surface area contributed by atoms with Gasteiger partial charge in [-0.2, -0.15) is 0 Å². The highest BCUT2D eigenvalue weighted by Gasteiger charge is 2.08. The first-order valence-corrected chi connectivity index (χ1v) is 7.26. The van der Waals surface area contributed by atoms with Crippen LogP contribution in [0, 0.1) is 6.92 Å².